The number of rotatable bonds is 3. The van der Waals surface area contributed by atoms with Gasteiger partial charge in [0.15, 0.2) is 0 Å². The summed E-state index contributed by atoms with van der Waals surface area (Å²) in [6.07, 6.45) is 6.24. The predicted molar refractivity (Wildman–Crippen MR) is 55.4 cm³/mol. The zero-order valence-electron chi connectivity index (χ0n) is 8.50. The van der Waals surface area contributed by atoms with Crippen LogP contribution in [0.15, 0.2) is 29.9 Å². The van der Waals surface area contributed by atoms with Crippen LogP contribution in [0.4, 0.5) is 0 Å². The van der Waals surface area contributed by atoms with Crippen LogP contribution in [-0.2, 0) is 4.74 Å². The number of nitrogens with zero attached hydrogens (tertiary/aromatic N) is 1. The zero-order valence-corrected chi connectivity index (χ0v) is 8.50. The first kappa shape index (κ1) is 13.5. The minimum atomic E-state index is 0.594. The Bertz CT molecular complexity index is 148. The van der Waals surface area contributed by atoms with Gasteiger partial charge in [-0.05, 0) is 12.5 Å². The molecule has 12 heavy (non-hydrogen) atoms. The third kappa shape index (κ3) is 8.95. The molecule has 0 aliphatic rings. The normalized spacial score (nSPS) is 10.5. The van der Waals surface area contributed by atoms with Gasteiger partial charge in [0, 0.05) is 6.20 Å². The van der Waals surface area contributed by atoms with E-state index in [0.29, 0.717) is 5.90 Å². The molecule has 0 aliphatic heterocycles. The van der Waals surface area contributed by atoms with Crippen molar-refractivity contribution in [2.24, 2.45) is 4.99 Å². The SMILES string of the molecule is C=CN=C(/C=C\CC)OC.CC. The van der Waals surface area contributed by atoms with E-state index in [4.69, 9.17) is 4.74 Å². The number of aliphatic imine (C=N–C) groups is 1. The Hall–Kier alpha value is -1.05. The van der Waals surface area contributed by atoms with Crippen LogP contribution in [0.2, 0.25) is 0 Å². The summed E-state index contributed by atoms with van der Waals surface area (Å²) in [4.78, 5) is 3.85. The highest BCUT2D eigenvalue weighted by Gasteiger charge is 1.84. The van der Waals surface area contributed by atoms with Gasteiger partial charge < -0.3 is 4.74 Å². The van der Waals surface area contributed by atoms with Crippen LogP contribution < -0.4 is 0 Å². The highest BCUT2D eigenvalue weighted by Crippen LogP contribution is 1.86. The predicted octanol–water partition coefficient (Wildman–Crippen LogP) is 3.17. The van der Waals surface area contributed by atoms with E-state index in [9.17, 15) is 0 Å². The zero-order chi connectivity index (χ0) is 9.82. The summed E-state index contributed by atoms with van der Waals surface area (Å²) in [5.41, 5.74) is 0. The highest BCUT2D eigenvalue weighted by molar-refractivity contribution is 5.87. The molecule has 0 saturated carbocycles. The minimum Gasteiger partial charge on any atom is -0.481 e. The molecule has 0 aromatic carbocycles. The Morgan fingerprint density at radius 2 is 2.08 bits per heavy atom. The fourth-order valence-electron chi connectivity index (χ4n) is 0.472. The smallest absolute Gasteiger partial charge is 0.212 e. The molecule has 0 heterocycles. The second kappa shape index (κ2) is 12.6. The Morgan fingerprint density at radius 3 is 2.42 bits per heavy atom. The molecule has 0 bridgehead atoms. The number of hydrogen-bond acceptors (Lipinski definition) is 2. The van der Waals surface area contributed by atoms with E-state index < -0.39 is 0 Å². The van der Waals surface area contributed by atoms with Crippen LogP contribution in [0.1, 0.15) is 27.2 Å². The second-order valence-electron chi connectivity index (χ2n) is 1.66. The average Bonchev–Trinajstić information content (AvgIpc) is 2.15. The van der Waals surface area contributed by atoms with Gasteiger partial charge in [-0.15, -0.1) is 0 Å². The largest absolute Gasteiger partial charge is 0.481 e. The molecule has 0 spiro atoms. The van der Waals surface area contributed by atoms with E-state index in [0.717, 1.165) is 6.42 Å². The number of allylic oxidation sites excluding steroid dienone is 1. The lowest BCUT2D eigenvalue weighted by Crippen LogP contribution is -1.94. The van der Waals surface area contributed by atoms with Crippen LogP contribution in [-0.4, -0.2) is 13.0 Å². The maximum Gasteiger partial charge on any atom is 0.212 e. The van der Waals surface area contributed by atoms with Crippen molar-refractivity contribution >= 4 is 5.90 Å². The number of ether oxygens (including phenoxy) is 1. The van der Waals surface area contributed by atoms with Crippen molar-refractivity contribution in [3.63, 3.8) is 0 Å². The van der Waals surface area contributed by atoms with Gasteiger partial charge in [-0.3, -0.25) is 0 Å². The summed E-state index contributed by atoms with van der Waals surface area (Å²) in [7, 11) is 1.59. The van der Waals surface area contributed by atoms with Crippen molar-refractivity contribution in [2.45, 2.75) is 27.2 Å². The van der Waals surface area contributed by atoms with Crippen molar-refractivity contribution in [3.8, 4) is 0 Å². The second-order valence-corrected chi connectivity index (χ2v) is 1.66. The number of methoxy groups -OCH3 is 1. The van der Waals surface area contributed by atoms with E-state index >= 15 is 0 Å². The highest BCUT2D eigenvalue weighted by atomic mass is 16.5. The fraction of sp³-hybridized carbons (Fsp3) is 0.500. The van der Waals surface area contributed by atoms with Crippen LogP contribution in [0.25, 0.3) is 0 Å². The summed E-state index contributed by atoms with van der Waals surface area (Å²) >= 11 is 0. The topological polar surface area (TPSA) is 21.6 Å². The molecule has 0 rings (SSSR count). The molecular formula is C10H19NO. The van der Waals surface area contributed by atoms with E-state index in [1.807, 2.05) is 26.0 Å². The lowest BCUT2D eigenvalue weighted by atomic mass is 10.4. The molecule has 2 heteroatoms. The number of hydrogen-bond donors (Lipinski definition) is 0. The quantitative estimate of drug-likeness (QED) is 0.469. The Labute approximate surface area is 75.7 Å². The molecule has 0 aliphatic carbocycles. The Kier molecular flexibility index (Phi) is 14.2. The monoisotopic (exact) mass is 169 g/mol. The molecule has 0 amide bonds. The molecule has 0 saturated heterocycles. The molecule has 0 fully saturated rings. The van der Waals surface area contributed by atoms with Crippen molar-refractivity contribution in [1.29, 1.82) is 0 Å². The van der Waals surface area contributed by atoms with Gasteiger partial charge in [0.25, 0.3) is 0 Å². The maximum atomic E-state index is 4.88. The van der Waals surface area contributed by atoms with Crippen molar-refractivity contribution < 1.29 is 4.74 Å². The van der Waals surface area contributed by atoms with Gasteiger partial charge in [-0.1, -0.05) is 33.4 Å². The van der Waals surface area contributed by atoms with E-state index in [-0.39, 0.29) is 0 Å². The summed E-state index contributed by atoms with van der Waals surface area (Å²) in [6.45, 7) is 9.51. The van der Waals surface area contributed by atoms with Crippen LogP contribution in [0.3, 0.4) is 0 Å². The van der Waals surface area contributed by atoms with Gasteiger partial charge in [0.05, 0.1) is 7.11 Å². The molecule has 2 nitrogen and oxygen atoms in total. The first-order chi connectivity index (χ1) is 5.85. The van der Waals surface area contributed by atoms with Crippen molar-refractivity contribution in [2.75, 3.05) is 7.11 Å². The van der Waals surface area contributed by atoms with Crippen LogP contribution in [0.5, 0.6) is 0 Å². The van der Waals surface area contributed by atoms with Crippen molar-refractivity contribution in [1.82, 2.24) is 0 Å². The van der Waals surface area contributed by atoms with Gasteiger partial charge >= 0.3 is 0 Å². The van der Waals surface area contributed by atoms with Crippen LogP contribution >= 0.6 is 0 Å². The lowest BCUT2D eigenvalue weighted by molar-refractivity contribution is 0.407. The molecule has 0 unspecified atom stereocenters. The molecule has 0 aromatic rings. The van der Waals surface area contributed by atoms with Gasteiger partial charge in [0.1, 0.15) is 0 Å². The van der Waals surface area contributed by atoms with Crippen molar-refractivity contribution in [3.05, 3.63) is 24.9 Å². The molecule has 0 N–H and O–H groups in total. The third-order valence-corrected chi connectivity index (χ3v) is 0.924. The van der Waals surface area contributed by atoms with Gasteiger partial charge in [-0.2, -0.15) is 0 Å². The van der Waals surface area contributed by atoms with Gasteiger partial charge in [-0.25, -0.2) is 4.99 Å². The Balaban J connectivity index is 0. The first-order valence-corrected chi connectivity index (χ1v) is 4.24. The average molecular weight is 169 g/mol. The van der Waals surface area contributed by atoms with E-state index in [1.54, 1.807) is 7.11 Å². The first-order valence-electron chi connectivity index (χ1n) is 4.24. The fourth-order valence-corrected chi connectivity index (χ4v) is 0.472. The summed E-state index contributed by atoms with van der Waals surface area (Å²) < 4.78 is 4.88. The molecule has 0 aromatic heterocycles. The molecular weight excluding hydrogens is 150 g/mol. The third-order valence-electron chi connectivity index (χ3n) is 0.924. The minimum absolute atomic E-state index is 0.594. The Morgan fingerprint density at radius 1 is 1.50 bits per heavy atom. The van der Waals surface area contributed by atoms with Crippen LogP contribution in [0, 0.1) is 0 Å². The standard InChI is InChI=1S/C8H13NO.C2H6/c1-4-6-7-8(10-3)9-5-2;1-2/h5-7H,2,4H2,1,3H3;1-2H3/b7-6-,9-8?;. The van der Waals surface area contributed by atoms with E-state index in [1.165, 1.54) is 6.20 Å². The maximum absolute atomic E-state index is 4.88. The van der Waals surface area contributed by atoms with E-state index in [2.05, 4.69) is 18.5 Å². The summed E-state index contributed by atoms with van der Waals surface area (Å²) in [5.74, 6) is 0.594. The molecule has 0 radical (unpaired) electrons. The summed E-state index contributed by atoms with van der Waals surface area (Å²) in [5, 5.41) is 0. The summed E-state index contributed by atoms with van der Waals surface area (Å²) in [6, 6.07) is 0. The molecule has 0 atom stereocenters. The van der Waals surface area contributed by atoms with Gasteiger partial charge in [0.2, 0.25) is 5.90 Å². The lowest BCUT2D eigenvalue weighted by Gasteiger charge is -1.94. The molecule has 70 valence electrons.